The van der Waals surface area contributed by atoms with Crippen LogP contribution in [-0.4, -0.2) is 48.8 Å². The fraction of sp³-hybridized carbons (Fsp3) is 0.238. The molecule has 1 aliphatic heterocycles. The molecule has 1 saturated heterocycles. The number of benzene rings is 2. The van der Waals surface area contributed by atoms with Gasteiger partial charge in [-0.2, -0.15) is 0 Å². The highest BCUT2D eigenvalue weighted by molar-refractivity contribution is 7.91. The minimum atomic E-state index is -3.11. The van der Waals surface area contributed by atoms with Crippen LogP contribution in [0.15, 0.2) is 59.1 Å². The molecule has 0 aliphatic carbocycles. The molecule has 1 aliphatic rings. The van der Waals surface area contributed by atoms with E-state index in [0.717, 1.165) is 0 Å². The van der Waals surface area contributed by atoms with Crippen molar-refractivity contribution in [3.63, 3.8) is 0 Å². The zero-order valence-corrected chi connectivity index (χ0v) is 16.5. The average Bonchev–Trinajstić information content (AvgIpc) is 3.34. The summed E-state index contributed by atoms with van der Waals surface area (Å²) in [4.78, 5) is 18.8. The van der Waals surface area contributed by atoms with Gasteiger partial charge in [-0.05, 0) is 30.7 Å². The van der Waals surface area contributed by atoms with E-state index in [0.29, 0.717) is 17.5 Å². The zero-order valence-electron chi connectivity index (χ0n) is 15.7. The molecule has 2 aromatic carbocycles. The SMILES string of the molecule is CN(C(=O)c1ccccc1-c1ncc(-c2ccccc2F)o1)[C@@H]1CCS(=O)(=O)C1. The Morgan fingerprint density at radius 1 is 1.14 bits per heavy atom. The van der Waals surface area contributed by atoms with Gasteiger partial charge in [-0.1, -0.05) is 24.3 Å². The number of carbonyl (C=O) groups is 1. The van der Waals surface area contributed by atoms with E-state index in [4.69, 9.17) is 4.42 Å². The van der Waals surface area contributed by atoms with Crippen molar-refractivity contribution in [2.24, 2.45) is 0 Å². The predicted molar refractivity (Wildman–Crippen MR) is 106 cm³/mol. The second-order valence-electron chi connectivity index (χ2n) is 7.03. The van der Waals surface area contributed by atoms with E-state index in [1.165, 1.54) is 17.2 Å². The van der Waals surface area contributed by atoms with Gasteiger partial charge in [0.2, 0.25) is 5.89 Å². The second kappa shape index (κ2) is 7.44. The summed E-state index contributed by atoms with van der Waals surface area (Å²) >= 11 is 0. The van der Waals surface area contributed by atoms with Crippen LogP contribution in [0.5, 0.6) is 0 Å². The van der Waals surface area contributed by atoms with Gasteiger partial charge in [0.25, 0.3) is 5.91 Å². The van der Waals surface area contributed by atoms with Crippen molar-refractivity contribution in [1.82, 2.24) is 9.88 Å². The van der Waals surface area contributed by atoms with Crippen LogP contribution < -0.4 is 0 Å². The number of amides is 1. The molecule has 4 rings (SSSR count). The summed E-state index contributed by atoms with van der Waals surface area (Å²) in [6.07, 6.45) is 1.84. The molecule has 2 heterocycles. The highest BCUT2D eigenvalue weighted by Gasteiger charge is 2.33. The smallest absolute Gasteiger partial charge is 0.254 e. The van der Waals surface area contributed by atoms with Gasteiger partial charge in [0.1, 0.15) is 5.82 Å². The molecular weight excluding hydrogens is 395 g/mol. The van der Waals surface area contributed by atoms with Crippen LogP contribution in [-0.2, 0) is 9.84 Å². The summed E-state index contributed by atoms with van der Waals surface area (Å²) in [5.41, 5.74) is 1.09. The highest BCUT2D eigenvalue weighted by Crippen LogP contribution is 2.30. The Bertz CT molecular complexity index is 1170. The third kappa shape index (κ3) is 3.80. The van der Waals surface area contributed by atoms with E-state index in [1.54, 1.807) is 49.5 Å². The number of halogens is 1. The molecule has 6 nitrogen and oxygen atoms in total. The van der Waals surface area contributed by atoms with E-state index in [1.807, 2.05) is 0 Å². The standard InChI is InChI=1S/C21H19FN2O4S/c1-24(14-10-11-29(26,27)13-14)21(25)16-7-3-2-6-15(16)20-23-12-19(28-20)17-8-4-5-9-18(17)22/h2-9,12,14H,10-11,13H2,1H3/t14-/m1/s1. The molecule has 29 heavy (non-hydrogen) atoms. The molecule has 3 aromatic rings. The second-order valence-corrected chi connectivity index (χ2v) is 9.26. The van der Waals surface area contributed by atoms with E-state index >= 15 is 0 Å². The summed E-state index contributed by atoms with van der Waals surface area (Å²) < 4.78 is 43.3. The summed E-state index contributed by atoms with van der Waals surface area (Å²) in [5, 5.41) is 0. The maximum atomic E-state index is 14.0. The van der Waals surface area contributed by atoms with Crippen molar-refractivity contribution < 1.29 is 22.0 Å². The van der Waals surface area contributed by atoms with Gasteiger partial charge >= 0.3 is 0 Å². The maximum Gasteiger partial charge on any atom is 0.254 e. The summed E-state index contributed by atoms with van der Waals surface area (Å²) in [6, 6.07) is 12.7. The molecule has 0 bridgehead atoms. The fourth-order valence-electron chi connectivity index (χ4n) is 3.48. The molecule has 0 saturated carbocycles. The van der Waals surface area contributed by atoms with Crippen molar-refractivity contribution in [3.8, 4) is 22.8 Å². The molecular formula is C21H19FN2O4S. The lowest BCUT2D eigenvalue weighted by molar-refractivity contribution is 0.0748. The van der Waals surface area contributed by atoms with Crippen molar-refractivity contribution in [2.75, 3.05) is 18.6 Å². The number of nitrogens with zero attached hydrogens (tertiary/aromatic N) is 2. The van der Waals surface area contributed by atoms with Crippen LogP contribution >= 0.6 is 0 Å². The minimum Gasteiger partial charge on any atom is -0.436 e. The van der Waals surface area contributed by atoms with Gasteiger partial charge in [0, 0.05) is 18.7 Å². The lowest BCUT2D eigenvalue weighted by atomic mass is 10.1. The summed E-state index contributed by atoms with van der Waals surface area (Å²) in [5.74, 6) is -0.235. The topological polar surface area (TPSA) is 80.5 Å². The first-order chi connectivity index (χ1) is 13.9. The van der Waals surface area contributed by atoms with Gasteiger partial charge in [-0.25, -0.2) is 17.8 Å². The molecule has 0 N–H and O–H groups in total. The number of sulfone groups is 1. The third-order valence-electron chi connectivity index (χ3n) is 5.11. The fourth-order valence-corrected chi connectivity index (χ4v) is 5.25. The molecule has 0 radical (unpaired) electrons. The van der Waals surface area contributed by atoms with Gasteiger partial charge in [-0.15, -0.1) is 0 Å². The highest BCUT2D eigenvalue weighted by atomic mass is 32.2. The summed E-state index contributed by atoms with van der Waals surface area (Å²) in [6.45, 7) is 0. The Kier molecular flexibility index (Phi) is 4.96. The Hall–Kier alpha value is -3.00. The van der Waals surface area contributed by atoms with Crippen molar-refractivity contribution in [2.45, 2.75) is 12.5 Å². The summed E-state index contributed by atoms with van der Waals surface area (Å²) in [7, 11) is -1.51. The van der Waals surface area contributed by atoms with Crippen LogP contribution in [0.1, 0.15) is 16.8 Å². The van der Waals surface area contributed by atoms with E-state index < -0.39 is 15.7 Å². The number of hydrogen-bond donors (Lipinski definition) is 0. The predicted octanol–water partition coefficient (Wildman–Crippen LogP) is 3.41. The largest absolute Gasteiger partial charge is 0.436 e. The Morgan fingerprint density at radius 3 is 2.52 bits per heavy atom. The number of rotatable bonds is 4. The zero-order chi connectivity index (χ0) is 20.6. The number of carbonyl (C=O) groups excluding carboxylic acids is 1. The lowest BCUT2D eigenvalue weighted by Gasteiger charge is -2.24. The molecule has 150 valence electrons. The number of aromatic nitrogens is 1. The van der Waals surface area contributed by atoms with Crippen molar-refractivity contribution in [1.29, 1.82) is 0 Å². The van der Waals surface area contributed by atoms with Gasteiger partial charge < -0.3 is 9.32 Å². The number of hydrogen-bond acceptors (Lipinski definition) is 5. The molecule has 1 amide bonds. The monoisotopic (exact) mass is 414 g/mol. The molecule has 1 aromatic heterocycles. The van der Waals surface area contributed by atoms with Crippen LogP contribution in [0, 0.1) is 5.82 Å². The Labute approximate surface area is 167 Å². The van der Waals surface area contributed by atoms with Gasteiger partial charge in [0.15, 0.2) is 15.6 Å². The first-order valence-electron chi connectivity index (χ1n) is 9.13. The van der Waals surface area contributed by atoms with E-state index in [2.05, 4.69) is 4.98 Å². The van der Waals surface area contributed by atoms with Crippen molar-refractivity contribution in [3.05, 3.63) is 66.1 Å². The Balaban J connectivity index is 1.66. The van der Waals surface area contributed by atoms with E-state index in [9.17, 15) is 17.6 Å². The van der Waals surface area contributed by atoms with E-state index in [-0.39, 0.29) is 40.7 Å². The van der Waals surface area contributed by atoms with Gasteiger partial charge in [-0.3, -0.25) is 4.79 Å². The van der Waals surface area contributed by atoms with Crippen LogP contribution in [0.3, 0.4) is 0 Å². The molecule has 0 spiro atoms. The van der Waals surface area contributed by atoms with Crippen LogP contribution in [0.25, 0.3) is 22.8 Å². The van der Waals surface area contributed by atoms with Gasteiger partial charge in [0.05, 0.1) is 28.8 Å². The van der Waals surface area contributed by atoms with Crippen LogP contribution in [0.2, 0.25) is 0 Å². The Morgan fingerprint density at radius 2 is 1.83 bits per heavy atom. The normalized spacial score (nSPS) is 17.9. The number of oxazole rings is 1. The lowest BCUT2D eigenvalue weighted by Crippen LogP contribution is -2.38. The third-order valence-corrected chi connectivity index (χ3v) is 6.86. The molecule has 8 heteroatoms. The quantitative estimate of drug-likeness (QED) is 0.654. The molecule has 0 unspecified atom stereocenters. The van der Waals surface area contributed by atoms with Crippen molar-refractivity contribution >= 4 is 15.7 Å². The first kappa shape index (κ1) is 19.3. The minimum absolute atomic E-state index is 0.0339. The maximum absolute atomic E-state index is 14.0. The average molecular weight is 414 g/mol. The first-order valence-corrected chi connectivity index (χ1v) is 11.0. The molecule has 1 fully saturated rings. The molecule has 1 atom stereocenters. The van der Waals surface area contributed by atoms with Crippen LogP contribution in [0.4, 0.5) is 4.39 Å².